The molecule has 0 spiro atoms. The summed E-state index contributed by atoms with van der Waals surface area (Å²) in [5, 5.41) is 5.05. The Morgan fingerprint density at radius 2 is 1.82 bits per heavy atom. The predicted molar refractivity (Wildman–Crippen MR) is 107 cm³/mol. The Morgan fingerprint density at radius 3 is 2.54 bits per heavy atom. The summed E-state index contributed by atoms with van der Waals surface area (Å²) in [6.45, 7) is 2.14. The molecule has 1 aromatic heterocycles. The average Bonchev–Trinajstić information content (AvgIpc) is 3.22. The quantitative estimate of drug-likeness (QED) is 0.675. The van der Waals surface area contributed by atoms with Gasteiger partial charge in [-0.1, -0.05) is 30.3 Å². The van der Waals surface area contributed by atoms with E-state index in [-0.39, 0.29) is 23.3 Å². The summed E-state index contributed by atoms with van der Waals surface area (Å²) in [6, 6.07) is 14.3. The minimum atomic E-state index is -0.365. The largest absolute Gasteiger partial charge is 0.298 e. The van der Waals surface area contributed by atoms with E-state index in [0.29, 0.717) is 29.2 Å². The van der Waals surface area contributed by atoms with Gasteiger partial charge in [0.05, 0.1) is 16.8 Å². The lowest BCUT2D eigenvalue weighted by Gasteiger charge is -2.13. The molecule has 0 aliphatic carbocycles. The van der Waals surface area contributed by atoms with E-state index < -0.39 is 0 Å². The third kappa shape index (κ3) is 3.44. The minimum Gasteiger partial charge on any atom is -0.298 e. The number of fused-ring (bicyclic) bond motifs is 1. The highest BCUT2D eigenvalue weighted by molar-refractivity contribution is 7.13. The number of aromatic nitrogens is 1. The highest BCUT2D eigenvalue weighted by Gasteiger charge is 2.35. The van der Waals surface area contributed by atoms with Crippen molar-refractivity contribution < 1.29 is 14.4 Å². The zero-order valence-corrected chi connectivity index (χ0v) is 16.0. The van der Waals surface area contributed by atoms with E-state index >= 15 is 0 Å². The molecule has 0 saturated carbocycles. The predicted octanol–water partition coefficient (Wildman–Crippen LogP) is 3.54. The number of benzene rings is 2. The Hall–Kier alpha value is -3.32. The first kappa shape index (κ1) is 18.1. The van der Waals surface area contributed by atoms with Crippen molar-refractivity contribution in [3.8, 4) is 0 Å². The molecule has 4 rings (SSSR count). The summed E-state index contributed by atoms with van der Waals surface area (Å²) in [5.74, 6) is -1.05. The van der Waals surface area contributed by atoms with Crippen LogP contribution < -0.4 is 5.32 Å². The first-order valence-corrected chi connectivity index (χ1v) is 9.68. The second-order valence-corrected chi connectivity index (χ2v) is 7.36. The number of hydrogen-bond donors (Lipinski definition) is 1. The highest BCUT2D eigenvalue weighted by atomic mass is 32.1. The molecule has 7 heteroatoms. The van der Waals surface area contributed by atoms with E-state index in [9.17, 15) is 14.4 Å². The Balaban J connectivity index is 1.51. The van der Waals surface area contributed by atoms with Crippen LogP contribution in [0.1, 0.15) is 42.3 Å². The van der Waals surface area contributed by atoms with Gasteiger partial charge in [0.2, 0.25) is 0 Å². The number of thiazole rings is 1. The van der Waals surface area contributed by atoms with Crippen molar-refractivity contribution in [1.29, 1.82) is 0 Å². The van der Waals surface area contributed by atoms with Crippen LogP contribution in [0.4, 0.5) is 5.13 Å². The van der Waals surface area contributed by atoms with Crippen molar-refractivity contribution in [2.75, 3.05) is 11.9 Å². The maximum absolute atomic E-state index is 12.7. The second-order valence-electron chi connectivity index (χ2n) is 6.51. The standard InChI is InChI=1S/C21H17N3O3S/c1-13-12-28-21(22-13)23-18(25)15-7-8-16-17(11-15)20(27)24(19(16)26)10-9-14-5-3-2-4-6-14/h2-8,11-12H,9-10H2,1H3,(H,22,23,25). The van der Waals surface area contributed by atoms with Crippen molar-refractivity contribution in [3.63, 3.8) is 0 Å². The number of aryl methyl sites for hydroxylation is 1. The summed E-state index contributed by atoms with van der Waals surface area (Å²) in [5.41, 5.74) is 2.79. The number of nitrogens with zero attached hydrogens (tertiary/aromatic N) is 2. The SMILES string of the molecule is Cc1csc(NC(=O)c2ccc3c(c2)C(=O)N(CCc2ccccc2)C3=O)n1. The molecule has 3 amide bonds. The van der Waals surface area contributed by atoms with Crippen molar-refractivity contribution in [2.45, 2.75) is 13.3 Å². The number of anilines is 1. The van der Waals surface area contributed by atoms with E-state index in [4.69, 9.17) is 0 Å². The maximum atomic E-state index is 12.7. The Morgan fingerprint density at radius 1 is 1.07 bits per heavy atom. The molecule has 0 fully saturated rings. The number of imide groups is 1. The highest BCUT2D eigenvalue weighted by Crippen LogP contribution is 2.25. The van der Waals surface area contributed by atoms with Crippen LogP contribution >= 0.6 is 11.3 Å². The zero-order valence-electron chi connectivity index (χ0n) is 15.1. The van der Waals surface area contributed by atoms with Gasteiger partial charge in [0, 0.05) is 17.5 Å². The summed E-state index contributed by atoms with van der Waals surface area (Å²) in [7, 11) is 0. The molecule has 1 N–H and O–H groups in total. The molecule has 2 heterocycles. The first-order valence-electron chi connectivity index (χ1n) is 8.80. The number of nitrogens with one attached hydrogen (secondary N) is 1. The number of hydrogen-bond acceptors (Lipinski definition) is 5. The summed E-state index contributed by atoms with van der Waals surface area (Å²) >= 11 is 1.33. The Bertz CT molecular complexity index is 1080. The molecule has 2 aromatic carbocycles. The fraction of sp³-hybridized carbons (Fsp3) is 0.143. The fourth-order valence-electron chi connectivity index (χ4n) is 3.10. The Kier molecular flexibility index (Phi) is 4.75. The molecule has 0 saturated heterocycles. The van der Waals surface area contributed by atoms with Gasteiger partial charge in [-0.15, -0.1) is 11.3 Å². The van der Waals surface area contributed by atoms with Crippen molar-refractivity contribution in [2.24, 2.45) is 0 Å². The van der Waals surface area contributed by atoms with E-state index in [2.05, 4.69) is 10.3 Å². The van der Waals surface area contributed by atoms with Crippen LogP contribution in [-0.4, -0.2) is 34.2 Å². The van der Waals surface area contributed by atoms with E-state index in [0.717, 1.165) is 11.3 Å². The third-order valence-electron chi connectivity index (χ3n) is 4.54. The smallest absolute Gasteiger partial charge is 0.261 e. The van der Waals surface area contributed by atoms with Crippen molar-refractivity contribution >= 4 is 34.2 Å². The number of carbonyl (C=O) groups is 3. The Labute approximate surface area is 165 Å². The number of rotatable bonds is 5. The summed E-state index contributed by atoms with van der Waals surface area (Å²) < 4.78 is 0. The van der Waals surface area contributed by atoms with Crippen LogP contribution in [0.15, 0.2) is 53.9 Å². The molecule has 0 atom stereocenters. The minimum absolute atomic E-state index is 0.265. The average molecular weight is 391 g/mol. The van der Waals surface area contributed by atoms with Gasteiger partial charge in [-0.3, -0.25) is 24.6 Å². The molecule has 28 heavy (non-hydrogen) atoms. The van der Waals surface area contributed by atoms with Gasteiger partial charge in [-0.05, 0) is 37.1 Å². The van der Waals surface area contributed by atoms with Gasteiger partial charge < -0.3 is 0 Å². The molecule has 3 aromatic rings. The van der Waals surface area contributed by atoms with Gasteiger partial charge in [-0.25, -0.2) is 4.98 Å². The molecule has 0 bridgehead atoms. The zero-order chi connectivity index (χ0) is 19.7. The molecule has 140 valence electrons. The molecular formula is C21H17N3O3S. The number of amides is 3. The fourth-order valence-corrected chi connectivity index (χ4v) is 3.78. The molecular weight excluding hydrogens is 374 g/mol. The van der Waals surface area contributed by atoms with E-state index in [1.807, 2.05) is 42.6 Å². The van der Waals surface area contributed by atoms with Crippen molar-refractivity contribution in [3.05, 3.63) is 81.9 Å². The topological polar surface area (TPSA) is 79.4 Å². The summed E-state index contributed by atoms with van der Waals surface area (Å²) in [4.78, 5) is 43.2. The van der Waals surface area contributed by atoms with Gasteiger partial charge in [-0.2, -0.15) is 0 Å². The van der Waals surface area contributed by atoms with Gasteiger partial charge in [0.1, 0.15) is 0 Å². The van der Waals surface area contributed by atoms with Crippen LogP contribution in [0.3, 0.4) is 0 Å². The van der Waals surface area contributed by atoms with E-state index in [1.54, 1.807) is 12.1 Å². The first-order chi connectivity index (χ1) is 13.5. The summed E-state index contributed by atoms with van der Waals surface area (Å²) in [6.07, 6.45) is 0.586. The normalized spacial score (nSPS) is 13.0. The molecule has 1 aliphatic rings. The van der Waals surface area contributed by atoms with Gasteiger partial charge >= 0.3 is 0 Å². The number of carbonyl (C=O) groups excluding carboxylic acids is 3. The maximum Gasteiger partial charge on any atom is 0.261 e. The second kappa shape index (κ2) is 7.36. The van der Waals surface area contributed by atoms with Gasteiger partial charge in [0.25, 0.3) is 17.7 Å². The lowest BCUT2D eigenvalue weighted by molar-refractivity contribution is 0.0656. The molecule has 6 nitrogen and oxygen atoms in total. The lowest BCUT2D eigenvalue weighted by atomic mass is 10.1. The van der Waals surface area contributed by atoms with E-state index in [1.165, 1.54) is 22.3 Å². The van der Waals surface area contributed by atoms with Crippen LogP contribution in [-0.2, 0) is 6.42 Å². The van der Waals surface area contributed by atoms with Crippen LogP contribution in [0, 0.1) is 6.92 Å². The third-order valence-corrected chi connectivity index (χ3v) is 5.41. The molecule has 0 radical (unpaired) electrons. The van der Waals surface area contributed by atoms with Crippen molar-refractivity contribution in [1.82, 2.24) is 9.88 Å². The van der Waals surface area contributed by atoms with Gasteiger partial charge in [0.15, 0.2) is 5.13 Å². The van der Waals surface area contributed by atoms with Crippen LogP contribution in [0.5, 0.6) is 0 Å². The van der Waals surface area contributed by atoms with Crippen LogP contribution in [0.2, 0.25) is 0 Å². The molecule has 1 aliphatic heterocycles. The molecule has 0 unspecified atom stereocenters. The van der Waals surface area contributed by atoms with Crippen LogP contribution in [0.25, 0.3) is 0 Å². The monoisotopic (exact) mass is 391 g/mol. The lowest BCUT2D eigenvalue weighted by Crippen LogP contribution is -2.31.